The summed E-state index contributed by atoms with van der Waals surface area (Å²) >= 11 is 1.75. The predicted octanol–water partition coefficient (Wildman–Crippen LogP) is 3.71. The molecule has 0 aromatic heterocycles. The monoisotopic (exact) mass is 292 g/mol. The fourth-order valence-corrected chi connectivity index (χ4v) is 3.30. The summed E-state index contributed by atoms with van der Waals surface area (Å²) in [5.41, 5.74) is 0.905. The molecule has 0 heterocycles. The molecule has 3 nitrogen and oxygen atoms in total. The highest BCUT2D eigenvalue weighted by Crippen LogP contribution is 2.52. The van der Waals surface area contributed by atoms with Gasteiger partial charge in [-0.2, -0.15) is 0 Å². The molecule has 0 atom stereocenters. The van der Waals surface area contributed by atoms with Crippen molar-refractivity contribution in [1.82, 2.24) is 0 Å². The van der Waals surface area contributed by atoms with Gasteiger partial charge >= 0.3 is 5.97 Å². The van der Waals surface area contributed by atoms with Crippen LogP contribution in [-0.2, 0) is 9.53 Å². The van der Waals surface area contributed by atoms with Gasteiger partial charge in [-0.3, -0.25) is 9.59 Å². The van der Waals surface area contributed by atoms with Crippen LogP contribution in [0.15, 0.2) is 29.2 Å². The Morgan fingerprint density at radius 2 is 1.90 bits per heavy atom. The second kappa shape index (κ2) is 6.44. The number of hydrogen-bond acceptors (Lipinski definition) is 4. The molecule has 0 amide bonds. The Bertz CT molecular complexity index is 489. The van der Waals surface area contributed by atoms with Gasteiger partial charge in [0.1, 0.15) is 0 Å². The fraction of sp³-hybridized carbons (Fsp3) is 0.500. The van der Waals surface area contributed by atoms with Crippen LogP contribution < -0.4 is 0 Å². The van der Waals surface area contributed by atoms with E-state index in [-0.39, 0.29) is 17.2 Å². The van der Waals surface area contributed by atoms with E-state index in [9.17, 15) is 9.59 Å². The zero-order valence-corrected chi connectivity index (χ0v) is 12.8. The largest absolute Gasteiger partial charge is 0.469 e. The second-order valence-electron chi connectivity index (χ2n) is 5.34. The molecule has 1 fully saturated rings. The standard InChI is InChI=1S/C16H20O3S/c1-3-14(17)12-4-6-13(7-5-12)20-11-16(8-9-16)10-15(18)19-2/h4-7H,3,8-11H2,1-2H3. The van der Waals surface area contributed by atoms with E-state index in [0.717, 1.165) is 29.1 Å². The predicted molar refractivity (Wildman–Crippen MR) is 80.1 cm³/mol. The first-order valence-corrected chi connectivity index (χ1v) is 7.90. The highest BCUT2D eigenvalue weighted by atomic mass is 32.2. The Hall–Kier alpha value is -1.29. The van der Waals surface area contributed by atoms with Gasteiger partial charge in [-0.1, -0.05) is 19.1 Å². The Morgan fingerprint density at radius 3 is 2.40 bits per heavy atom. The second-order valence-corrected chi connectivity index (χ2v) is 6.39. The molecule has 1 aromatic rings. The number of rotatable bonds is 7. The minimum atomic E-state index is -0.119. The summed E-state index contributed by atoms with van der Waals surface area (Å²) in [7, 11) is 1.44. The molecule has 0 bridgehead atoms. The van der Waals surface area contributed by atoms with Crippen LogP contribution >= 0.6 is 11.8 Å². The number of hydrogen-bond donors (Lipinski definition) is 0. The van der Waals surface area contributed by atoms with Crippen molar-refractivity contribution in [3.63, 3.8) is 0 Å². The Morgan fingerprint density at radius 1 is 1.25 bits per heavy atom. The third-order valence-corrected chi connectivity index (χ3v) is 5.11. The minimum Gasteiger partial charge on any atom is -0.469 e. The first kappa shape index (κ1) is 15.1. The van der Waals surface area contributed by atoms with Crippen LogP contribution in [0.3, 0.4) is 0 Å². The highest BCUT2D eigenvalue weighted by Gasteiger charge is 2.44. The molecule has 0 aliphatic heterocycles. The summed E-state index contributed by atoms with van der Waals surface area (Å²) in [5.74, 6) is 0.987. The van der Waals surface area contributed by atoms with Gasteiger partial charge in [0.25, 0.3) is 0 Å². The van der Waals surface area contributed by atoms with Gasteiger partial charge in [0.15, 0.2) is 5.78 Å². The van der Waals surface area contributed by atoms with Crippen molar-refractivity contribution in [3.05, 3.63) is 29.8 Å². The first-order valence-electron chi connectivity index (χ1n) is 6.91. The number of ether oxygens (including phenoxy) is 1. The molecule has 1 aliphatic carbocycles. The highest BCUT2D eigenvalue weighted by molar-refractivity contribution is 7.99. The van der Waals surface area contributed by atoms with Crippen LogP contribution in [0.1, 0.15) is 43.0 Å². The van der Waals surface area contributed by atoms with Gasteiger partial charge in [0.2, 0.25) is 0 Å². The van der Waals surface area contributed by atoms with Crippen molar-refractivity contribution >= 4 is 23.5 Å². The molecule has 0 radical (unpaired) electrons. The molecule has 0 saturated heterocycles. The van der Waals surface area contributed by atoms with Gasteiger partial charge in [0.05, 0.1) is 13.5 Å². The van der Waals surface area contributed by atoms with E-state index in [4.69, 9.17) is 4.74 Å². The number of benzene rings is 1. The van der Waals surface area contributed by atoms with Gasteiger partial charge in [-0.05, 0) is 30.4 Å². The average Bonchev–Trinajstić information content (AvgIpc) is 3.24. The number of carbonyl (C=O) groups is 2. The number of carbonyl (C=O) groups excluding carboxylic acids is 2. The summed E-state index contributed by atoms with van der Waals surface area (Å²) in [6, 6.07) is 7.74. The van der Waals surface area contributed by atoms with Crippen LogP contribution in [-0.4, -0.2) is 24.6 Å². The molecular weight excluding hydrogens is 272 g/mol. The normalized spacial score (nSPS) is 15.7. The van der Waals surface area contributed by atoms with Crippen molar-refractivity contribution in [2.24, 2.45) is 5.41 Å². The van der Waals surface area contributed by atoms with Crippen LogP contribution in [0.25, 0.3) is 0 Å². The smallest absolute Gasteiger partial charge is 0.306 e. The van der Waals surface area contributed by atoms with Gasteiger partial charge in [-0.25, -0.2) is 0 Å². The third-order valence-electron chi connectivity index (χ3n) is 3.75. The average molecular weight is 292 g/mol. The van der Waals surface area contributed by atoms with Gasteiger partial charge in [-0.15, -0.1) is 11.8 Å². The SMILES string of the molecule is CCC(=O)c1ccc(SCC2(CC(=O)OC)CC2)cc1. The lowest BCUT2D eigenvalue weighted by atomic mass is 10.1. The van der Waals surface area contributed by atoms with Gasteiger partial charge in [0, 0.05) is 22.6 Å². The van der Waals surface area contributed by atoms with E-state index in [1.807, 2.05) is 31.2 Å². The maximum absolute atomic E-state index is 11.5. The molecule has 2 rings (SSSR count). The van der Waals surface area contributed by atoms with Crippen molar-refractivity contribution in [1.29, 1.82) is 0 Å². The molecule has 1 aliphatic rings. The van der Waals surface area contributed by atoms with Gasteiger partial charge < -0.3 is 4.74 Å². The summed E-state index contributed by atoms with van der Waals surface area (Å²) in [6.07, 6.45) is 3.25. The Labute approximate surface area is 124 Å². The fourth-order valence-electron chi connectivity index (χ4n) is 2.10. The lowest BCUT2D eigenvalue weighted by molar-refractivity contribution is -0.141. The molecule has 0 spiro atoms. The van der Waals surface area contributed by atoms with Crippen LogP contribution in [0.4, 0.5) is 0 Å². The zero-order chi connectivity index (χ0) is 14.6. The van der Waals surface area contributed by atoms with Crippen LogP contribution in [0, 0.1) is 5.41 Å². The lowest BCUT2D eigenvalue weighted by Gasteiger charge is -2.13. The maximum atomic E-state index is 11.5. The van der Waals surface area contributed by atoms with E-state index in [1.165, 1.54) is 7.11 Å². The van der Waals surface area contributed by atoms with E-state index >= 15 is 0 Å². The van der Waals surface area contributed by atoms with E-state index in [2.05, 4.69) is 0 Å². The summed E-state index contributed by atoms with van der Waals surface area (Å²) < 4.78 is 4.75. The Balaban J connectivity index is 1.88. The van der Waals surface area contributed by atoms with Crippen LogP contribution in [0.5, 0.6) is 0 Å². The first-order chi connectivity index (χ1) is 9.58. The minimum absolute atomic E-state index is 0.119. The molecule has 1 saturated carbocycles. The van der Waals surface area contributed by atoms with Crippen molar-refractivity contribution < 1.29 is 14.3 Å². The van der Waals surface area contributed by atoms with Crippen molar-refractivity contribution in [2.45, 2.75) is 37.5 Å². The zero-order valence-electron chi connectivity index (χ0n) is 12.0. The lowest BCUT2D eigenvalue weighted by Crippen LogP contribution is -2.12. The summed E-state index contributed by atoms with van der Waals surface area (Å²) in [6.45, 7) is 1.87. The molecule has 0 N–H and O–H groups in total. The Kier molecular flexibility index (Phi) is 4.86. The molecule has 4 heteroatoms. The number of Topliss-reactive ketones (excluding diaryl/α,β-unsaturated/α-hetero) is 1. The molecule has 0 unspecified atom stereocenters. The topological polar surface area (TPSA) is 43.4 Å². The van der Waals surface area contributed by atoms with E-state index < -0.39 is 0 Å². The molecule has 108 valence electrons. The third kappa shape index (κ3) is 3.85. The summed E-state index contributed by atoms with van der Waals surface area (Å²) in [4.78, 5) is 24.1. The van der Waals surface area contributed by atoms with E-state index in [1.54, 1.807) is 11.8 Å². The quantitative estimate of drug-likeness (QED) is 0.436. The molecule has 20 heavy (non-hydrogen) atoms. The number of esters is 1. The van der Waals surface area contributed by atoms with Crippen LogP contribution in [0.2, 0.25) is 0 Å². The number of ketones is 1. The van der Waals surface area contributed by atoms with Crippen molar-refractivity contribution in [2.75, 3.05) is 12.9 Å². The number of methoxy groups -OCH3 is 1. The number of thioether (sulfide) groups is 1. The molecule has 1 aromatic carbocycles. The van der Waals surface area contributed by atoms with E-state index in [0.29, 0.717) is 12.8 Å². The van der Waals surface area contributed by atoms with Crippen molar-refractivity contribution in [3.8, 4) is 0 Å². The maximum Gasteiger partial charge on any atom is 0.306 e. The molecular formula is C16H20O3S. The summed E-state index contributed by atoms with van der Waals surface area (Å²) in [5, 5.41) is 0.